The second-order valence-corrected chi connectivity index (χ2v) is 7.28. The first-order chi connectivity index (χ1) is 16.4. The van der Waals surface area contributed by atoms with Gasteiger partial charge >= 0.3 is 12.3 Å². The number of benzene rings is 1. The van der Waals surface area contributed by atoms with E-state index in [0.717, 1.165) is 12.4 Å². The van der Waals surface area contributed by atoms with Crippen molar-refractivity contribution in [1.82, 2.24) is 19.5 Å². The lowest BCUT2D eigenvalue weighted by Gasteiger charge is -2.20. The third kappa shape index (κ3) is 4.88. The molecule has 0 spiro atoms. The number of rotatable bonds is 7. The number of aromatic nitrogens is 4. The highest BCUT2D eigenvalue weighted by Gasteiger charge is 2.48. The Morgan fingerprint density at radius 1 is 1.17 bits per heavy atom. The van der Waals surface area contributed by atoms with Gasteiger partial charge in [0.25, 0.3) is 17.5 Å². The molecule has 14 heteroatoms. The minimum absolute atomic E-state index is 0.0571. The zero-order valence-electron chi connectivity index (χ0n) is 18.0. The molecule has 8 nitrogen and oxygen atoms in total. The number of halogens is 6. The van der Waals surface area contributed by atoms with Gasteiger partial charge < -0.3 is 9.72 Å². The van der Waals surface area contributed by atoms with Crippen molar-refractivity contribution in [3.05, 3.63) is 79.1 Å². The second kappa shape index (κ2) is 9.61. The lowest BCUT2D eigenvalue weighted by Crippen LogP contribution is -2.32. The van der Waals surface area contributed by atoms with Crippen molar-refractivity contribution in [3.8, 4) is 17.6 Å². The van der Waals surface area contributed by atoms with Gasteiger partial charge in [0.05, 0.1) is 36.4 Å². The predicted octanol–water partition coefficient (Wildman–Crippen LogP) is 3.95. The molecule has 2 heterocycles. The van der Waals surface area contributed by atoms with E-state index in [4.69, 9.17) is 4.74 Å². The topological polar surface area (TPSA) is 114 Å². The fourth-order valence-corrected chi connectivity index (χ4v) is 3.06. The van der Waals surface area contributed by atoms with Gasteiger partial charge in [0, 0.05) is 16.8 Å². The maximum absolute atomic E-state index is 14.3. The van der Waals surface area contributed by atoms with Crippen LogP contribution in [-0.4, -0.2) is 25.9 Å². The average molecular weight is 499 g/mol. The van der Waals surface area contributed by atoms with E-state index in [2.05, 4.69) is 15.0 Å². The number of nitriles is 1. The van der Waals surface area contributed by atoms with Crippen molar-refractivity contribution in [3.63, 3.8) is 0 Å². The van der Waals surface area contributed by atoms with Crippen LogP contribution in [0.5, 0.6) is 11.5 Å². The fraction of sp³-hybridized carbons (Fsp3) is 0.286. The van der Waals surface area contributed by atoms with Crippen molar-refractivity contribution >= 4 is 0 Å². The molecular weight excluding hydrogens is 484 g/mol. The van der Waals surface area contributed by atoms with Gasteiger partial charge in [-0.15, -0.1) is 0 Å². The number of nitrogens with one attached hydrogen (secondary N) is 1. The summed E-state index contributed by atoms with van der Waals surface area (Å²) in [6.45, 7) is 2.11. The molecule has 0 aliphatic carbocycles. The Morgan fingerprint density at radius 2 is 1.86 bits per heavy atom. The molecule has 184 valence electrons. The van der Waals surface area contributed by atoms with Gasteiger partial charge in [0.2, 0.25) is 5.75 Å². The second-order valence-electron chi connectivity index (χ2n) is 7.28. The Morgan fingerprint density at radius 3 is 2.43 bits per heavy atom. The maximum Gasteiger partial charge on any atom is 0.352 e. The van der Waals surface area contributed by atoms with Crippen molar-refractivity contribution in [2.45, 2.75) is 39.2 Å². The van der Waals surface area contributed by atoms with Crippen LogP contribution < -0.4 is 15.9 Å². The molecule has 0 saturated carbocycles. The minimum atomic E-state index is -4.96. The molecule has 0 atom stereocenters. The predicted molar refractivity (Wildman–Crippen MR) is 108 cm³/mol. The molecule has 35 heavy (non-hydrogen) atoms. The van der Waals surface area contributed by atoms with E-state index < -0.39 is 59.2 Å². The summed E-state index contributed by atoms with van der Waals surface area (Å²) in [6, 6.07) is 3.15. The van der Waals surface area contributed by atoms with Crippen LogP contribution in [0.1, 0.15) is 40.1 Å². The number of H-pyrrole nitrogens is 1. The molecule has 0 bridgehead atoms. The van der Waals surface area contributed by atoms with Gasteiger partial charge in [-0.2, -0.15) is 14.0 Å². The van der Waals surface area contributed by atoms with Gasteiger partial charge in [-0.25, -0.2) is 27.5 Å². The summed E-state index contributed by atoms with van der Waals surface area (Å²) in [5.74, 6) is -6.95. The van der Waals surface area contributed by atoms with Crippen molar-refractivity contribution < 1.29 is 31.1 Å². The van der Waals surface area contributed by atoms with E-state index in [0.29, 0.717) is 17.0 Å². The Hall–Kier alpha value is -4.15. The molecule has 0 amide bonds. The van der Waals surface area contributed by atoms with Crippen LogP contribution in [-0.2, 0) is 12.5 Å². The first-order valence-electron chi connectivity index (χ1n) is 9.68. The van der Waals surface area contributed by atoms with Gasteiger partial charge in [-0.3, -0.25) is 14.2 Å². The first-order valence-corrected chi connectivity index (χ1v) is 9.68. The van der Waals surface area contributed by atoms with Crippen LogP contribution in [0.4, 0.5) is 26.3 Å². The third-order valence-corrected chi connectivity index (χ3v) is 5.05. The van der Waals surface area contributed by atoms with Crippen LogP contribution in [0.25, 0.3) is 0 Å². The van der Waals surface area contributed by atoms with Crippen LogP contribution in [0.3, 0.4) is 0 Å². The van der Waals surface area contributed by atoms with E-state index in [1.54, 1.807) is 6.07 Å². The summed E-state index contributed by atoms with van der Waals surface area (Å²) < 4.78 is 87.2. The molecule has 1 aromatic carbocycles. The molecule has 1 N–H and O–H groups in total. The highest BCUT2D eigenvalue weighted by Crippen LogP contribution is 2.39. The van der Waals surface area contributed by atoms with Crippen molar-refractivity contribution in [1.29, 1.82) is 5.26 Å². The standard InChI is InChI=1S/C21H15F6N5O3/c1-9-12(5-28)3-11(17(22)23)4-14(9)35-15-16(21(26,27)20(24)25)31-8-32(19(15)34)6-13-10(2)29-7-30-18(13)33/h3-4,7-8,17,20H,6H2,1-2H3,(H,29,30,33). The quantitative estimate of drug-likeness (QED) is 0.493. The molecule has 0 fully saturated rings. The molecule has 0 aliphatic rings. The van der Waals surface area contributed by atoms with Crippen LogP contribution in [0.15, 0.2) is 34.4 Å². The van der Waals surface area contributed by atoms with E-state index in [1.807, 2.05) is 0 Å². The smallest absolute Gasteiger partial charge is 0.352 e. The molecular formula is C21H15F6N5O3. The Bertz CT molecular complexity index is 1430. The molecule has 3 aromatic rings. The van der Waals surface area contributed by atoms with E-state index in [-0.39, 0.29) is 22.4 Å². The zero-order valence-corrected chi connectivity index (χ0v) is 18.0. The van der Waals surface area contributed by atoms with E-state index >= 15 is 0 Å². The van der Waals surface area contributed by atoms with Crippen LogP contribution >= 0.6 is 0 Å². The number of aryl methyl sites for hydroxylation is 1. The van der Waals surface area contributed by atoms with Crippen LogP contribution in [0.2, 0.25) is 0 Å². The Balaban J connectivity index is 2.25. The SMILES string of the molecule is Cc1nc[nH]c(=O)c1Cn1cnc(C(F)(F)C(F)F)c(Oc2cc(C(F)F)cc(C#N)c2C)c1=O. The zero-order chi connectivity index (χ0) is 26.1. The Kier molecular flexibility index (Phi) is 6.99. The average Bonchev–Trinajstić information content (AvgIpc) is 2.79. The normalized spacial score (nSPS) is 11.7. The van der Waals surface area contributed by atoms with Gasteiger partial charge in [0.1, 0.15) is 5.75 Å². The third-order valence-electron chi connectivity index (χ3n) is 5.05. The summed E-state index contributed by atoms with van der Waals surface area (Å²) in [6.07, 6.45) is -5.78. The summed E-state index contributed by atoms with van der Waals surface area (Å²) in [4.78, 5) is 34.5. The number of ether oxygens (including phenoxy) is 1. The molecule has 0 unspecified atom stereocenters. The molecule has 0 radical (unpaired) electrons. The molecule has 0 aliphatic heterocycles. The lowest BCUT2D eigenvalue weighted by atomic mass is 10.0. The minimum Gasteiger partial charge on any atom is -0.449 e. The number of alkyl halides is 6. The number of hydrogen-bond acceptors (Lipinski definition) is 6. The molecule has 3 rings (SSSR count). The molecule has 0 saturated heterocycles. The van der Waals surface area contributed by atoms with E-state index in [1.165, 1.54) is 13.8 Å². The fourth-order valence-electron chi connectivity index (χ4n) is 3.06. The van der Waals surface area contributed by atoms with Gasteiger partial charge in [-0.1, -0.05) is 0 Å². The maximum atomic E-state index is 14.3. The van der Waals surface area contributed by atoms with Gasteiger partial charge in [0.15, 0.2) is 5.69 Å². The summed E-state index contributed by atoms with van der Waals surface area (Å²) >= 11 is 0. The highest BCUT2D eigenvalue weighted by molar-refractivity contribution is 5.51. The van der Waals surface area contributed by atoms with Crippen molar-refractivity contribution in [2.75, 3.05) is 0 Å². The number of nitrogens with zero attached hydrogens (tertiary/aromatic N) is 4. The molecule has 2 aromatic heterocycles. The van der Waals surface area contributed by atoms with Gasteiger partial charge in [-0.05, 0) is 26.0 Å². The summed E-state index contributed by atoms with van der Waals surface area (Å²) in [7, 11) is 0. The monoisotopic (exact) mass is 499 g/mol. The highest BCUT2D eigenvalue weighted by atomic mass is 19.3. The number of aromatic amines is 1. The first kappa shape index (κ1) is 25.5. The summed E-state index contributed by atoms with van der Waals surface area (Å²) in [5.41, 5.74) is -4.84. The van der Waals surface area contributed by atoms with Crippen LogP contribution in [0, 0.1) is 25.2 Å². The lowest BCUT2D eigenvalue weighted by molar-refractivity contribution is -0.139. The largest absolute Gasteiger partial charge is 0.449 e. The van der Waals surface area contributed by atoms with E-state index in [9.17, 15) is 41.2 Å². The van der Waals surface area contributed by atoms with Crippen molar-refractivity contribution in [2.24, 2.45) is 0 Å². The number of hydrogen-bond donors (Lipinski definition) is 1. The summed E-state index contributed by atoms with van der Waals surface area (Å²) in [5, 5.41) is 9.20. The Labute approximate surface area is 192 Å².